The van der Waals surface area contributed by atoms with E-state index in [1.807, 2.05) is 26.8 Å². The van der Waals surface area contributed by atoms with Gasteiger partial charge < -0.3 is 15.3 Å². The minimum atomic E-state index is -1.17. The first-order chi connectivity index (χ1) is 13.3. The van der Waals surface area contributed by atoms with Gasteiger partial charge in [0.1, 0.15) is 11.6 Å². The number of aromatic hydroxyl groups is 1. The number of aliphatic hydroxyl groups excluding tert-OH is 2. The molecule has 4 N–H and O–H groups in total. The molecule has 0 amide bonds. The fraction of sp³-hybridized carbons (Fsp3) is 0.550. The minimum Gasteiger partial charge on any atom is -0.494 e. The second-order valence-electron chi connectivity index (χ2n) is 8.71. The third kappa shape index (κ3) is 2.82. The van der Waals surface area contributed by atoms with Crippen LogP contribution in [0.3, 0.4) is 0 Å². The van der Waals surface area contributed by atoms with Crippen LogP contribution in [0.1, 0.15) is 60.6 Å². The molecule has 1 fully saturated rings. The fourth-order valence-electron chi connectivity index (χ4n) is 4.25. The number of aryl methyl sites for hydroxylation is 1. The minimum absolute atomic E-state index is 0.143. The maximum absolute atomic E-state index is 12.9. The second-order valence-corrected chi connectivity index (χ2v) is 8.71. The Hall–Kier alpha value is -2.83. The lowest BCUT2D eigenvalue weighted by Gasteiger charge is -2.47. The van der Waals surface area contributed by atoms with Crippen LogP contribution >= 0.6 is 0 Å². The van der Waals surface area contributed by atoms with Gasteiger partial charge in [0.15, 0.2) is 5.88 Å². The molecule has 2 aromatic rings. The van der Waals surface area contributed by atoms with Crippen molar-refractivity contribution in [2.24, 2.45) is 7.05 Å². The average molecular weight is 402 g/mol. The first-order valence-electron chi connectivity index (χ1n) is 9.35. The Kier molecular flexibility index (Phi) is 4.76. The molecular weight excluding hydrogens is 376 g/mol. The molecule has 1 saturated carbocycles. The van der Waals surface area contributed by atoms with E-state index in [-0.39, 0.29) is 22.2 Å². The van der Waals surface area contributed by atoms with E-state index in [0.29, 0.717) is 11.3 Å². The lowest BCUT2D eigenvalue weighted by Crippen LogP contribution is -2.54. The molecule has 2 aromatic heterocycles. The van der Waals surface area contributed by atoms with Gasteiger partial charge in [-0.3, -0.25) is 19.3 Å². The Morgan fingerprint density at radius 1 is 1.03 bits per heavy atom. The predicted molar refractivity (Wildman–Crippen MR) is 105 cm³/mol. The summed E-state index contributed by atoms with van der Waals surface area (Å²) in [6, 6.07) is 1.82. The van der Waals surface area contributed by atoms with Crippen molar-refractivity contribution in [2.75, 3.05) is 0 Å². The Balaban J connectivity index is 2.11. The van der Waals surface area contributed by atoms with Gasteiger partial charge in [0.2, 0.25) is 0 Å². The van der Waals surface area contributed by atoms with Crippen molar-refractivity contribution < 1.29 is 15.3 Å². The van der Waals surface area contributed by atoms with Crippen molar-refractivity contribution in [1.82, 2.24) is 14.3 Å². The monoisotopic (exact) mass is 402 g/mol. The molecule has 0 aromatic carbocycles. The molecule has 2 heterocycles. The number of aromatic amines is 1. The van der Waals surface area contributed by atoms with Gasteiger partial charge in [-0.2, -0.15) is 5.26 Å². The highest BCUT2D eigenvalue weighted by Crippen LogP contribution is 2.50. The molecule has 29 heavy (non-hydrogen) atoms. The van der Waals surface area contributed by atoms with Crippen molar-refractivity contribution in [3.8, 4) is 11.9 Å². The molecule has 2 atom stereocenters. The summed E-state index contributed by atoms with van der Waals surface area (Å²) in [5.74, 6) is -2.20. The summed E-state index contributed by atoms with van der Waals surface area (Å²) < 4.78 is 2.37. The van der Waals surface area contributed by atoms with E-state index < -0.39 is 41.0 Å². The van der Waals surface area contributed by atoms with Crippen molar-refractivity contribution in [2.45, 2.75) is 64.2 Å². The summed E-state index contributed by atoms with van der Waals surface area (Å²) >= 11 is 0. The van der Waals surface area contributed by atoms with Crippen molar-refractivity contribution in [3.63, 3.8) is 0 Å². The maximum Gasteiger partial charge on any atom is 0.271 e. The first kappa shape index (κ1) is 20.9. The Labute approximate surface area is 167 Å². The lowest BCUT2D eigenvalue weighted by molar-refractivity contribution is -0.0802. The largest absolute Gasteiger partial charge is 0.494 e. The molecular formula is C20H26N4O5. The third-order valence-electron chi connectivity index (χ3n) is 5.89. The van der Waals surface area contributed by atoms with Gasteiger partial charge in [0, 0.05) is 35.7 Å². The maximum atomic E-state index is 12.9. The highest BCUT2D eigenvalue weighted by Gasteiger charge is 2.54. The van der Waals surface area contributed by atoms with E-state index in [9.17, 15) is 30.2 Å². The van der Waals surface area contributed by atoms with E-state index in [1.54, 1.807) is 6.92 Å². The zero-order chi connectivity index (χ0) is 22.0. The molecule has 9 nitrogen and oxygen atoms in total. The second kappa shape index (κ2) is 6.61. The molecule has 2 unspecified atom stereocenters. The van der Waals surface area contributed by atoms with Crippen LogP contribution in [-0.2, 0) is 12.6 Å². The molecule has 156 valence electrons. The van der Waals surface area contributed by atoms with Crippen LogP contribution in [0.15, 0.2) is 9.59 Å². The van der Waals surface area contributed by atoms with Crippen LogP contribution in [-0.4, -0.2) is 41.9 Å². The zero-order valence-corrected chi connectivity index (χ0v) is 17.3. The highest BCUT2D eigenvalue weighted by atomic mass is 16.3. The van der Waals surface area contributed by atoms with Crippen molar-refractivity contribution in [1.29, 1.82) is 5.26 Å². The van der Waals surface area contributed by atoms with Crippen LogP contribution in [0, 0.1) is 25.2 Å². The highest BCUT2D eigenvalue weighted by molar-refractivity contribution is 5.50. The van der Waals surface area contributed by atoms with Crippen molar-refractivity contribution >= 4 is 0 Å². The molecule has 0 radical (unpaired) electrons. The molecule has 0 spiro atoms. The van der Waals surface area contributed by atoms with Gasteiger partial charge in [-0.1, -0.05) is 0 Å². The summed E-state index contributed by atoms with van der Waals surface area (Å²) in [4.78, 5) is 25.1. The molecule has 3 rings (SSSR count). The third-order valence-corrected chi connectivity index (χ3v) is 5.89. The molecule has 1 aliphatic rings. The van der Waals surface area contributed by atoms with Crippen LogP contribution in [0.25, 0.3) is 0 Å². The van der Waals surface area contributed by atoms with Gasteiger partial charge in [-0.15, -0.1) is 0 Å². The Bertz CT molecular complexity index is 1130. The van der Waals surface area contributed by atoms with Crippen LogP contribution < -0.4 is 11.1 Å². The zero-order valence-electron chi connectivity index (χ0n) is 17.3. The van der Waals surface area contributed by atoms with E-state index >= 15 is 0 Å². The number of nitriles is 1. The molecule has 0 saturated heterocycles. The van der Waals surface area contributed by atoms with E-state index in [1.165, 1.54) is 18.7 Å². The first-order valence-corrected chi connectivity index (χ1v) is 9.35. The SMILES string of the molecule is Cc1[nH]n(C(C)(C)C)c(=O)c1C1C(O)C(c2c(C)c(C#N)c(=O)n(C)c2O)C1O. The number of aromatic nitrogens is 3. The van der Waals surface area contributed by atoms with E-state index in [2.05, 4.69) is 5.10 Å². The number of H-pyrrole nitrogens is 1. The van der Waals surface area contributed by atoms with E-state index in [4.69, 9.17) is 0 Å². The summed E-state index contributed by atoms with van der Waals surface area (Å²) in [6.45, 7) is 8.78. The number of aliphatic hydroxyl groups is 2. The number of nitrogens with one attached hydrogen (secondary N) is 1. The fourth-order valence-corrected chi connectivity index (χ4v) is 4.25. The quantitative estimate of drug-likeness (QED) is 0.573. The molecule has 9 heteroatoms. The molecule has 1 aliphatic carbocycles. The topological polar surface area (TPSA) is 144 Å². The molecule has 0 aliphatic heterocycles. The van der Waals surface area contributed by atoms with Gasteiger partial charge in [0.05, 0.1) is 17.7 Å². The standard InChI is InChI=1S/C20H26N4O5/c1-8-10(7-21)17(27)23(6)18(28)11(8)13-15(25)14(16(13)26)12-9(2)22-24(19(12)29)20(3,4)5/h13-16,22,25-26,28H,1-6H3. The lowest BCUT2D eigenvalue weighted by atomic mass is 9.62. The van der Waals surface area contributed by atoms with Gasteiger partial charge in [0.25, 0.3) is 11.1 Å². The van der Waals surface area contributed by atoms with Gasteiger partial charge in [-0.05, 0) is 40.2 Å². The normalized spacial score (nSPS) is 24.2. The van der Waals surface area contributed by atoms with Crippen LogP contribution in [0.5, 0.6) is 5.88 Å². The average Bonchev–Trinajstić information content (AvgIpc) is 2.93. The summed E-state index contributed by atoms with van der Waals surface area (Å²) in [5, 5.41) is 44.5. The predicted octanol–water partition coefficient (Wildman–Crippen LogP) is 0.427. The number of hydrogen-bond acceptors (Lipinski definition) is 6. The van der Waals surface area contributed by atoms with Crippen molar-refractivity contribution in [3.05, 3.63) is 48.7 Å². The van der Waals surface area contributed by atoms with E-state index in [0.717, 1.165) is 4.57 Å². The number of hydrogen-bond donors (Lipinski definition) is 4. The van der Waals surface area contributed by atoms with Gasteiger partial charge in [-0.25, -0.2) is 4.68 Å². The molecule has 0 bridgehead atoms. The summed E-state index contributed by atoms with van der Waals surface area (Å²) in [7, 11) is 1.31. The summed E-state index contributed by atoms with van der Waals surface area (Å²) in [5.41, 5.74) is -0.443. The number of rotatable bonds is 2. The summed E-state index contributed by atoms with van der Waals surface area (Å²) in [6.07, 6.45) is -2.34. The number of pyridine rings is 1. The van der Waals surface area contributed by atoms with Crippen LogP contribution in [0.2, 0.25) is 0 Å². The number of nitrogens with zero attached hydrogens (tertiary/aromatic N) is 3. The van der Waals surface area contributed by atoms with Crippen LogP contribution in [0.4, 0.5) is 0 Å². The Morgan fingerprint density at radius 3 is 2.00 bits per heavy atom. The van der Waals surface area contributed by atoms with Gasteiger partial charge >= 0.3 is 0 Å². The Morgan fingerprint density at radius 2 is 1.55 bits per heavy atom. The smallest absolute Gasteiger partial charge is 0.271 e.